The van der Waals surface area contributed by atoms with Crippen LogP contribution in [-0.4, -0.2) is 30.1 Å². The molecular formula is C17H16BrFN2O3. The number of nitrogens with two attached hydrogens (primary N) is 1. The van der Waals surface area contributed by atoms with Crippen LogP contribution in [0.4, 0.5) is 9.18 Å². The standard InChI is InChI=1S/C17H16BrFN2O3/c18-14-5-3-13(4-6-14)16(22)21(9-10-24-17(20)23)11-12-1-7-15(19)8-2-12/h1-8H,9-11H2,(H2,20,23). The fourth-order valence-electron chi connectivity index (χ4n) is 2.09. The van der Waals surface area contributed by atoms with E-state index >= 15 is 0 Å². The van der Waals surface area contributed by atoms with Crippen molar-refractivity contribution in [1.29, 1.82) is 0 Å². The minimum atomic E-state index is -0.896. The predicted octanol–water partition coefficient (Wildman–Crippen LogP) is 3.33. The quantitative estimate of drug-likeness (QED) is 0.816. The summed E-state index contributed by atoms with van der Waals surface area (Å²) < 4.78 is 18.6. The number of nitrogens with zero attached hydrogens (tertiary/aromatic N) is 1. The minimum absolute atomic E-state index is 0.0151. The number of benzene rings is 2. The van der Waals surface area contributed by atoms with Crippen LogP contribution in [-0.2, 0) is 11.3 Å². The zero-order chi connectivity index (χ0) is 17.5. The molecule has 5 nitrogen and oxygen atoms in total. The van der Waals surface area contributed by atoms with Gasteiger partial charge in [-0.2, -0.15) is 0 Å². The van der Waals surface area contributed by atoms with Gasteiger partial charge in [0.05, 0.1) is 6.54 Å². The molecule has 0 aromatic heterocycles. The number of primary amides is 1. The van der Waals surface area contributed by atoms with Gasteiger partial charge in [0, 0.05) is 16.6 Å². The summed E-state index contributed by atoms with van der Waals surface area (Å²) in [4.78, 5) is 24.9. The van der Waals surface area contributed by atoms with Gasteiger partial charge in [-0.3, -0.25) is 4.79 Å². The van der Waals surface area contributed by atoms with Crippen LogP contribution in [0.15, 0.2) is 53.0 Å². The number of rotatable bonds is 6. The van der Waals surface area contributed by atoms with Gasteiger partial charge in [-0.15, -0.1) is 0 Å². The van der Waals surface area contributed by atoms with Crippen molar-refractivity contribution in [2.45, 2.75) is 6.54 Å². The average molecular weight is 395 g/mol. The molecule has 0 bridgehead atoms. The van der Waals surface area contributed by atoms with E-state index in [-0.39, 0.29) is 31.4 Å². The summed E-state index contributed by atoms with van der Waals surface area (Å²) >= 11 is 3.32. The Balaban J connectivity index is 2.14. The lowest BCUT2D eigenvalue weighted by Gasteiger charge is -2.23. The second kappa shape index (κ2) is 8.44. The van der Waals surface area contributed by atoms with Gasteiger partial charge in [-0.1, -0.05) is 28.1 Å². The Bertz CT molecular complexity index is 705. The molecule has 2 N–H and O–H groups in total. The molecule has 0 saturated heterocycles. The number of ether oxygens (including phenoxy) is 1. The van der Waals surface area contributed by atoms with Crippen LogP contribution in [0.2, 0.25) is 0 Å². The number of amides is 2. The van der Waals surface area contributed by atoms with E-state index in [0.717, 1.165) is 10.0 Å². The molecule has 0 aliphatic heterocycles. The molecule has 0 fully saturated rings. The van der Waals surface area contributed by atoms with Gasteiger partial charge in [0.1, 0.15) is 12.4 Å². The third-order valence-corrected chi connectivity index (χ3v) is 3.80. The minimum Gasteiger partial charge on any atom is -0.448 e. The third-order valence-electron chi connectivity index (χ3n) is 3.27. The van der Waals surface area contributed by atoms with E-state index in [9.17, 15) is 14.0 Å². The van der Waals surface area contributed by atoms with E-state index in [1.54, 1.807) is 36.4 Å². The molecule has 2 aromatic rings. The highest BCUT2D eigenvalue weighted by atomic mass is 79.9. The van der Waals surface area contributed by atoms with Gasteiger partial charge >= 0.3 is 6.09 Å². The lowest BCUT2D eigenvalue weighted by atomic mass is 10.1. The zero-order valence-electron chi connectivity index (χ0n) is 12.7. The van der Waals surface area contributed by atoms with Gasteiger partial charge in [0.2, 0.25) is 0 Å². The summed E-state index contributed by atoms with van der Waals surface area (Å²) in [5.41, 5.74) is 6.20. The van der Waals surface area contributed by atoms with Gasteiger partial charge in [0.15, 0.2) is 0 Å². The van der Waals surface area contributed by atoms with Crippen LogP contribution in [0.25, 0.3) is 0 Å². The highest BCUT2D eigenvalue weighted by molar-refractivity contribution is 9.10. The highest BCUT2D eigenvalue weighted by Crippen LogP contribution is 2.14. The van der Waals surface area contributed by atoms with Crippen molar-refractivity contribution >= 4 is 27.9 Å². The molecule has 0 aliphatic carbocycles. The Hall–Kier alpha value is -2.41. The average Bonchev–Trinajstić information content (AvgIpc) is 2.55. The predicted molar refractivity (Wildman–Crippen MR) is 90.8 cm³/mol. The maximum Gasteiger partial charge on any atom is 0.404 e. The van der Waals surface area contributed by atoms with E-state index in [1.165, 1.54) is 17.0 Å². The van der Waals surface area contributed by atoms with E-state index in [0.29, 0.717) is 5.56 Å². The second-order valence-corrected chi connectivity index (χ2v) is 5.94. The van der Waals surface area contributed by atoms with Crippen molar-refractivity contribution in [3.8, 4) is 0 Å². The van der Waals surface area contributed by atoms with Crippen LogP contribution in [0.5, 0.6) is 0 Å². The van der Waals surface area contributed by atoms with Crippen LogP contribution in [0.3, 0.4) is 0 Å². The molecule has 0 saturated carbocycles. The van der Waals surface area contributed by atoms with E-state index < -0.39 is 6.09 Å². The molecule has 0 aliphatic rings. The number of halogens is 2. The Morgan fingerprint density at radius 1 is 1.08 bits per heavy atom. The fraction of sp³-hybridized carbons (Fsp3) is 0.176. The molecule has 2 aromatic carbocycles. The van der Waals surface area contributed by atoms with Crippen LogP contribution in [0, 0.1) is 5.82 Å². The Kier molecular flexibility index (Phi) is 6.31. The van der Waals surface area contributed by atoms with E-state index in [1.807, 2.05) is 0 Å². The summed E-state index contributed by atoms with van der Waals surface area (Å²) in [6.45, 7) is 0.422. The smallest absolute Gasteiger partial charge is 0.404 e. The first-order valence-electron chi connectivity index (χ1n) is 7.17. The van der Waals surface area contributed by atoms with Crippen molar-refractivity contribution in [2.75, 3.05) is 13.2 Å². The molecule has 0 radical (unpaired) electrons. The highest BCUT2D eigenvalue weighted by Gasteiger charge is 2.16. The van der Waals surface area contributed by atoms with Gasteiger partial charge < -0.3 is 15.4 Å². The summed E-state index contributed by atoms with van der Waals surface area (Å²) in [5.74, 6) is -0.568. The lowest BCUT2D eigenvalue weighted by Crippen LogP contribution is -2.34. The maximum absolute atomic E-state index is 13.0. The first-order valence-corrected chi connectivity index (χ1v) is 7.96. The first kappa shape index (κ1) is 17.9. The number of hydrogen-bond acceptors (Lipinski definition) is 3. The van der Waals surface area contributed by atoms with Crippen molar-refractivity contribution in [2.24, 2.45) is 5.73 Å². The molecule has 2 amide bonds. The molecular weight excluding hydrogens is 379 g/mol. The Labute approximate surface area is 147 Å². The normalized spacial score (nSPS) is 10.2. The summed E-state index contributed by atoms with van der Waals surface area (Å²) in [5, 5.41) is 0. The topological polar surface area (TPSA) is 72.6 Å². The number of carbonyl (C=O) groups is 2. The van der Waals surface area contributed by atoms with Gasteiger partial charge in [0.25, 0.3) is 5.91 Å². The summed E-state index contributed by atoms with van der Waals surface area (Å²) in [6.07, 6.45) is -0.896. The molecule has 126 valence electrons. The third kappa shape index (κ3) is 5.34. The molecule has 7 heteroatoms. The van der Waals surface area contributed by atoms with Crippen LogP contribution < -0.4 is 5.73 Å². The molecule has 2 rings (SSSR count). The van der Waals surface area contributed by atoms with Crippen molar-refractivity contribution in [3.05, 3.63) is 69.9 Å². The SMILES string of the molecule is NC(=O)OCCN(Cc1ccc(F)cc1)C(=O)c1ccc(Br)cc1. The van der Waals surface area contributed by atoms with Crippen molar-refractivity contribution in [3.63, 3.8) is 0 Å². The molecule has 24 heavy (non-hydrogen) atoms. The summed E-state index contributed by atoms with van der Waals surface area (Å²) in [7, 11) is 0. The first-order chi connectivity index (χ1) is 11.5. The zero-order valence-corrected chi connectivity index (χ0v) is 14.3. The number of hydrogen-bond donors (Lipinski definition) is 1. The van der Waals surface area contributed by atoms with Crippen molar-refractivity contribution < 1.29 is 18.7 Å². The second-order valence-electron chi connectivity index (χ2n) is 5.03. The van der Waals surface area contributed by atoms with Crippen molar-refractivity contribution in [1.82, 2.24) is 4.90 Å². The van der Waals surface area contributed by atoms with E-state index in [2.05, 4.69) is 15.9 Å². The molecule has 0 unspecified atom stereocenters. The Morgan fingerprint density at radius 3 is 2.29 bits per heavy atom. The molecule has 0 atom stereocenters. The lowest BCUT2D eigenvalue weighted by molar-refractivity contribution is 0.0688. The fourth-order valence-corrected chi connectivity index (χ4v) is 2.36. The Morgan fingerprint density at radius 2 is 1.71 bits per heavy atom. The van der Waals surface area contributed by atoms with E-state index in [4.69, 9.17) is 10.5 Å². The van der Waals surface area contributed by atoms with Gasteiger partial charge in [-0.05, 0) is 42.0 Å². The largest absolute Gasteiger partial charge is 0.448 e. The maximum atomic E-state index is 13.0. The monoisotopic (exact) mass is 394 g/mol. The van der Waals surface area contributed by atoms with Gasteiger partial charge in [-0.25, -0.2) is 9.18 Å². The van der Waals surface area contributed by atoms with Crippen LogP contribution >= 0.6 is 15.9 Å². The molecule has 0 spiro atoms. The summed E-state index contributed by atoms with van der Waals surface area (Å²) in [6, 6.07) is 12.8. The number of carbonyl (C=O) groups excluding carboxylic acids is 2. The van der Waals surface area contributed by atoms with Crippen LogP contribution in [0.1, 0.15) is 15.9 Å². The molecule has 0 heterocycles.